The van der Waals surface area contributed by atoms with Gasteiger partial charge in [-0.2, -0.15) is 0 Å². The standard InChI is InChI=1S/C11H19NO5/c1-6-8(9(14)15)12(7(2)13)10(16)17-11(3,4)5/h8H,6H2,1-5H3,(H,14,15). The van der Waals surface area contributed by atoms with Gasteiger partial charge in [-0.25, -0.2) is 14.5 Å². The van der Waals surface area contributed by atoms with Crippen LogP contribution in [-0.2, 0) is 14.3 Å². The van der Waals surface area contributed by atoms with Crippen LogP contribution in [0.5, 0.6) is 0 Å². The fourth-order valence-corrected chi connectivity index (χ4v) is 1.25. The summed E-state index contributed by atoms with van der Waals surface area (Å²) < 4.78 is 5.00. The third-order valence-electron chi connectivity index (χ3n) is 1.91. The third-order valence-corrected chi connectivity index (χ3v) is 1.91. The summed E-state index contributed by atoms with van der Waals surface area (Å²) >= 11 is 0. The van der Waals surface area contributed by atoms with Crippen LogP contribution in [0.1, 0.15) is 41.0 Å². The summed E-state index contributed by atoms with van der Waals surface area (Å²) in [6.07, 6.45) is -0.798. The van der Waals surface area contributed by atoms with E-state index < -0.39 is 29.6 Å². The van der Waals surface area contributed by atoms with Crippen LogP contribution in [0.2, 0.25) is 0 Å². The molecule has 17 heavy (non-hydrogen) atoms. The summed E-state index contributed by atoms with van der Waals surface area (Å²) in [4.78, 5) is 34.6. The lowest BCUT2D eigenvalue weighted by Gasteiger charge is -2.28. The Morgan fingerprint density at radius 3 is 2.00 bits per heavy atom. The van der Waals surface area contributed by atoms with E-state index in [-0.39, 0.29) is 6.42 Å². The summed E-state index contributed by atoms with van der Waals surface area (Å²) in [6.45, 7) is 7.65. The number of nitrogens with zero attached hydrogens (tertiary/aromatic N) is 1. The average Bonchev–Trinajstić information content (AvgIpc) is 2.08. The van der Waals surface area contributed by atoms with E-state index in [0.717, 1.165) is 6.92 Å². The number of carboxylic acid groups (broad SMARTS) is 1. The molecule has 0 saturated carbocycles. The normalized spacial score (nSPS) is 12.8. The zero-order chi connectivity index (χ0) is 13.8. The van der Waals surface area contributed by atoms with Gasteiger partial charge in [-0.15, -0.1) is 0 Å². The van der Waals surface area contributed by atoms with Gasteiger partial charge in [0.2, 0.25) is 5.91 Å². The highest BCUT2D eigenvalue weighted by molar-refractivity contribution is 5.95. The summed E-state index contributed by atoms with van der Waals surface area (Å²) in [5, 5.41) is 8.94. The number of aliphatic carboxylic acids is 1. The molecule has 0 aliphatic carbocycles. The van der Waals surface area contributed by atoms with Crippen molar-refractivity contribution >= 4 is 18.0 Å². The van der Waals surface area contributed by atoms with Crippen molar-refractivity contribution in [3.8, 4) is 0 Å². The van der Waals surface area contributed by atoms with Crippen LogP contribution in [0.25, 0.3) is 0 Å². The SMILES string of the molecule is CCC(C(=O)O)N(C(C)=O)C(=O)OC(C)(C)C. The van der Waals surface area contributed by atoms with E-state index >= 15 is 0 Å². The molecule has 1 N–H and O–H groups in total. The molecule has 0 spiro atoms. The molecule has 0 radical (unpaired) electrons. The van der Waals surface area contributed by atoms with Crippen molar-refractivity contribution in [2.75, 3.05) is 0 Å². The molecule has 98 valence electrons. The van der Waals surface area contributed by atoms with Crippen LogP contribution in [0.4, 0.5) is 4.79 Å². The molecule has 6 nitrogen and oxygen atoms in total. The number of imide groups is 1. The zero-order valence-electron chi connectivity index (χ0n) is 10.8. The Kier molecular flexibility index (Phi) is 5.12. The smallest absolute Gasteiger partial charge is 0.417 e. The molecule has 0 rings (SSSR count). The first-order valence-corrected chi connectivity index (χ1v) is 5.35. The molecule has 0 aromatic rings. The second-order valence-corrected chi connectivity index (χ2v) is 4.63. The van der Waals surface area contributed by atoms with E-state index in [2.05, 4.69) is 0 Å². The fraction of sp³-hybridized carbons (Fsp3) is 0.727. The Labute approximate surface area is 101 Å². The Balaban J connectivity index is 5.04. The van der Waals surface area contributed by atoms with E-state index in [0.29, 0.717) is 4.90 Å². The maximum Gasteiger partial charge on any atom is 0.417 e. The average molecular weight is 245 g/mol. The topological polar surface area (TPSA) is 83.9 Å². The van der Waals surface area contributed by atoms with Gasteiger partial charge >= 0.3 is 12.1 Å². The maximum absolute atomic E-state index is 11.7. The van der Waals surface area contributed by atoms with E-state index in [1.165, 1.54) is 0 Å². The first-order chi connectivity index (χ1) is 7.60. The van der Waals surface area contributed by atoms with Crippen molar-refractivity contribution in [2.24, 2.45) is 0 Å². The van der Waals surface area contributed by atoms with Crippen molar-refractivity contribution in [1.82, 2.24) is 4.90 Å². The highest BCUT2D eigenvalue weighted by Gasteiger charge is 2.34. The lowest BCUT2D eigenvalue weighted by Crippen LogP contribution is -2.49. The molecule has 0 aromatic heterocycles. The molecule has 0 bridgehead atoms. The minimum atomic E-state index is -1.23. The van der Waals surface area contributed by atoms with Crippen LogP contribution < -0.4 is 0 Å². The number of carbonyl (C=O) groups excluding carboxylic acids is 2. The van der Waals surface area contributed by atoms with Crippen molar-refractivity contribution in [1.29, 1.82) is 0 Å². The minimum absolute atomic E-state index is 0.133. The Hall–Kier alpha value is -1.59. The van der Waals surface area contributed by atoms with Crippen molar-refractivity contribution < 1.29 is 24.2 Å². The Bertz CT molecular complexity index is 318. The largest absolute Gasteiger partial charge is 0.480 e. The second kappa shape index (κ2) is 5.65. The number of hydrogen-bond donors (Lipinski definition) is 1. The van der Waals surface area contributed by atoms with Crippen LogP contribution in [-0.4, -0.2) is 39.6 Å². The Morgan fingerprint density at radius 1 is 1.29 bits per heavy atom. The summed E-state index contributed by atoms with van der Waals surface area (Å²) in [6, 6.07) is -1.19. The summed E-state index contributed by atoms with van der Waals surface area (Å²) in [5.74, 6) is -1.87. The highest BCUT2D eigenvalue weighted by Crippen LogP contribution is 2.14. The lowest BCUT2D eigenvalue weighted by atomic mass is 10.2. The number of ether oxygens (including phenoxy) is 1. The molecule has 6 heteroatoms. The quantitative estimate of drug-likeness (QED) is 0.817. The minimum Gasteiger partial charge on any atom is -0.480 e. The van der Waals surface area contributed by atoms with Gasteiger partial charge in [0.1, 0.15) is 11.6 Å². The molecule has 1 atom stereocenters. The zero-order valence-corrected chi connectivity index (χ0v) is 10.8. The van der Waals surface area contributed by atoms with Crippen LogP contribution in [0.3, 0.4) is 0 Å². The van der Waals surface area contributed by atoms with Gasteiger partial charge in [0.25, 0.3) is 0 Å². The second-order valence-electron chi connectivity index (χ2n) is 4.63. The maximum atomic E-state index is 11.7. The molecule has 0 fully saturated rings. The highest BCUT2D eigenvalue weighted by atomic mass is 16.6. The van der Waals surface area contributed by atoms with E-state index in [1.54, 1.807) is 27.7 Å². The van der Waals surface area contributed by atoms with Gasteiger partial charge in [0.15, 0.2) is 0 Å². The molecule has 2 amide bonds. The molecule has 0 heterocycles. The van der Waals surface area contributed by atoms with Gasteiger partial charge in [-0.1, -0.05) is 6.92 Å². The molecular formula is C11H19NO5. The molecule has 0 aliphatic heterocycles. The fourth-order valence-electron chi connectivity index (χ4n) is 1.25. The number of amides is 2. The summed E-state index contributed by atoms with van der Waals surface area (Å²) in [7, 11) is 0. The lowest BCUT2D eigenvalue weighted by molar-refractivity contribution is -0.148. The van der Waals surface area contributed by atoms with Crippen molar-refractivity contribution in [3.05, 3.63) is 0 Å². The van der Waals surface area contributed by atoms with Gasteiger partial charge in [0.05, 0.1) is 0 Å². The number of carboxylic acids is 1. The van der Waals surface area contributed by atoms with Crippen molar-refractivity contribution in [3.63, 3.8) is 0 Å². The third kappa shape index (κ3) is 4.84. The van der Waals surface area contributed by atoms with Gasteiger partial charge in [0, 0.05) is 6.92 Å². The molecule has 0 aromatic carbocycles. The van der Waals surface area contributed by atoms with Crippen LogP contribution in [0, 0.1) is 0 Å². The van der Waals surface area contributed by atoms with Crippen LogP contribution >= 0.6 is 0 Å². The predicted octanol–water partition coefficient (Wildman–Crippen LogP) is 1.63. The van der Waals surface area contributed by atoms with E-state index in [1.807, 2.05) is 0 Å². The van der Waals surface area contributed by atoms with E-state index in [9.17, 15) is 14.4 Å². The van der Waals surface area contributed by atoms with E-state index in [4.69, 9.17) is 9.84 Å². The van der Waals surface area contributed by atoms with Gasteiger partial charge in [-0.3, -0.25) is 4.79 Å². The number of rotatable bonds is 3. The number of hydrogen-bond acceptors (Lipinski definition) is 4. The van der Waals surface area contributed by atoms with Gasteiger partial charge in [-0.05, 0) is 27.2 Å². The molecular weight excluding hydrogens is 226 g/mol. The summed E-state index contributed by atoms with van der Waals surface area (Å²) in [5.41, 5.74) is -0.776. The predicted molar refractivity (Wildman–Crippen MR) is 60.5 cm³/mol. The van der Waals surface area contributed by atoms with Crippen LogP contribution in [0.15, 0.2) is 0 Å². The Morgan fingerprint density at radius 2 is 1.76 bits per heavy atom. The monoisotopic (exact) mass is 245 g/mol. The molecule has 1 unspecified atom stereocenters. The van der Waals surface area contributed by atoms with Crippen molar-refractivity contribution in [2.45, 2.75) is 52.7 Å². The van der Waals surface area contributed by atoms with Gasteiger partial charge < -0.3 is 9.84 Å². The first-order valence-electron chi connectivity index (χ1n) is 5.35. The molecule has 0 saturated heterocycles. The first kappa shape index (κ1) is 15.4. The molecule has 0 aliphatic rings. The number of carbonyl (C=O) groups is 3.